The van der Waals surface area contributed by atoms with Crippen LogP contribution in [0.3, 0.4) is 0 Å². The van der Waals surface area contributed by atoms with Gasteiger partial charge in [-0.05, 0) is 84.4 Å². The molecule has 0 heterocycles. The molecule has 0 aliphatic heterocycles. The van der Waals surface area contributed by atoms with E-state index in [-0.39, 0.29) is 0 Å². The van der Waals surface area contributed by atoms with Crippen molar-refractivity contribution in [3.05, 3.63) is 70.3 Å². The Kier molecular flexibility index (Phi) is 5.64. The fraction of sp³-hybridized carbons (Fsp3) is 0.320. The van der Waals surface area contributed by atoms with E-state index in [1.807, 2.05) is 6.07 Å². The molecular weight excluding hydrogens is 346 g/mol. The maximum Gasteiger partial charge on any atom is 0.0742 e. The van der Waals surface area contributed by atoms with Crippen molar-refractivity contribution in [1.82, 2.24) is 0 Å². The topological polar surface area (TPSA) is 12.4 Å². The van der Waals surface area contributed by atoms with Crippen LogP contribution in [0.1, 0.15) is 54.4 Å². The van der Waals surface area contributed by atoms with Crippen molar-refractivity contribution in [3.63, 3.8) is 0 Å². The summed E-state index contributed by atoms with van der Waals surface area (Å²) in [7, 11) is 0. The number of hydrogen-bond donors (Lipinski definition) is 0. The van der Waals surface area contributed by atoms with Gasteiger partial charge in [-0.15, -0.1) is 0 Å². The zero-order chi connectivity index (χ0) is 18.5. The Balaban J connectivity index is 1.45. The van der Waals surface area contributed by atoms with E-state index in [4.69, 9.17) is 0 Å². The molecule has 27 heavy (non-hydrogen) atoms. The molecule has 0 unspecified atom stereocenters. The van der Waals surface area contributed by atoms with Crippen molar-refractivity contribution in [2.45, 2.75) is 44.9 Å². The minimum atomic E-state index is 0.879. The molecule has 2 aromatic rings. The van der Waals surface area contributed by atoms with Gasteiger partial charge in [-0.2, -0.15) is 4.99 Å². The van der Waals surface area contributed by atoms with Gasteiger partial charge in [0.15, 0.2) is 0 Å². The lowest BCUT2D eigenvalue weighted by atomic mass is 9.92. The van der Waals surface area contributed by atoms with Crippen molar-refractivity contribution >= 4 is 29.1 Å². The summed E-state index contributed by atoms with van der Waals surface area (Å²) in [5.41, 5.74) is 7.17. The molecule has 134 valence electrons. The number of fused-ring (bicyclic) bond motifs is 1. The monoisotopic (exact) mass is 369 g/mol. The first-order valence-corrected chi connectivity index (χ1v) is 10.2. The first-order valence-electron chi connectivity index (χ1n) is 9.82. The van der Waals surface area contributed by atoms with Crippen LogP contribution in [0, 0.1) is 17.8 Å². The Hall–Kier alpha value is -2.46. The molecule has 0 bridgehead atoms. The highest BCUT2D eigenvalue weighted by Gasteiger charge is 2.15. The molecule has 1 fully saturated rings. The Labute approximate surface area is 167 Å². The molecule has 2 aliphatic carbocycles. The van der Waals surface area contributed by atoms with Gasteiger partial charge < -0.3 is 0 Å². The SMILES string of the molecule is S=C=Nc1ccc2c(c1)CCC(C#Cc1ccc(CC3CCCC3)cc1)=C2. The molecule has 0 radical (unpaired) electrons. The number of benzene rings is 2. The van der Waals surface area contributed by atoms with Crippen LogP contribution in [0.25, 0.3) is 6.08 Å². The number of thiocarbonyl (C=S) groups is 1. The molecule has 2 aromatic carbocycles. The van der Waals surface area contributed by atoms with Gasteiger partial charge in [0.25, 0.3) is 0 Å². The first kappa shape index (κ1) is 17.9. The summed E-state index contributed by atoms with van der Waals surface area (Å²) in [6, 6.07) is 15.0. The Morgan fingerprint density at radius 2 is 1.78 bits per heavy atom. The molecule has 0 N–H and O–H groups in total. The van der Waals surface area contributed by atoms with Crippen molar-refractivity contribution in [2.24, 2.45) is 10.9 Å². The zero-order valence-corrected chi connectivity index (χ0v) is 16.3. The average molecular weight is 370 g/mol. The lowest BCUT2D eigenvalue weighted by molar-refractivity contribution is 0.546. The van der Waals surface area contributed by atoms with Crippen LogP contribution in [0.5, 0.6) is 0 Å². The number of nitrogens with zero attached hydrogens (tertiary/aromatic N) is 1. The van der Waals surface area contributed by atoms with Gasteiger partial charge in [-0.1, -0.05) is 55.7 Å². The van der Waals surface area contributed by atoms with E-state index in [2.05, 4.69) is 76.7 Å². The van der Waals surface area contributed by atoms with Gasteiger partial charge in [0, 0.05) is 11.1 Å². The Morgan fingerprint density at radius 3 is 2.56 bits per heavy atom. The van der Waals surface area contributed by atoms with E-state index in [0.717, 1.165) is 30.0 Å². The zero-order valence-electron chi connectivity index (χ0n) is 15.5. The summed E-state index contributed by atoms with van der Waals surface area (Å²) in [4.78, 5) is 4.07. The second kappa shape index (κ2) is 8.49. The summed E-state index contributed by atoms with van der Waals surface area (Å²) in [6.07, 6.45) is 11.0. The van der Waals surface area contributed by atoms with Gasteiger partial charge in [-0.3, -0.25) is 0 Å². The van der Waals surface area contributed by atoms with E-state index >= 15 is 0 Å². The number of hydrogen-bond acceptors (Lipinski definition) is 2. The summed E-state index contributed by atoms with van der Waals surface area (Å²) >= 11 is 4.68. The standard InChI is InChI=1S/C25H23NS/c27-18-26-25-14-13-23-16-22(11-12-24(23)17-25)10-7-19-5-8-21(9-6-19)15-20-3-1-2-4-20/h5-6,8-9,13-14,16-17,20H,1-4,11-12,15H2. The summed E-state index contributed by atoms with van der Waals surface area (Å²) < 4.78 is 0. The molecular formula is C25H23NS. The fourth-order valence-electron chi connectivity index (χ4n) is 4.12. The largest absolute Gasteiger partial charge is 0.195 e. The van der Waals surface area contributed by atoms with E-state index in [9.17, 15) is 0 Å². The van der Waals surface area contributed by atoms with Gasteiger partial charge in [0.2, 0.25) is 0 Å². The van der Waals surface area contributed by atoms with Crippen LogP contribution in [0.15, 0.2) is 53.0 Å². The molecule has 4 rings (SSSR count). The predicted molar refractivity (Wildman–Crippen MR) is 116 cm³/mol. The van der Waals surface area contributed by atoms with E-state index < -0.39 is 0 Å². The molecule has 2 aliphatic rings. The molecule has 0 saturated heterocycles. The molecule has 0 amide bonds. The predicted octanol–water partition coefficient (Wildman–Crippen LogP) is 6.53. The van der Waals surface area contributed by atoms with Crippen LogP contribution < -0.4 is 0 Å². The minimum Gasteiger partial charge on any atom is -0.195 e. The second-order valence-electron chi connectivity index (χ2n) is 7.56. The lowest BCUT2D eigenvalue weighted by Crippen LogP contribution is -1.98. The Morgan fingerprint density at radius 1 is 0.963 bits per heavy atom. The maximum absolute atomic E-state index is 4.68. The van der Waals surface area contributed by atoms with Gasteiger partial charge in [0.05, 0.1) is 10.8 Å². The van der Waals surface area contributed by atoms with E-state index in [1.165, 1.54) is 54.4 Å². The van der Waals surface area contributed by atoms with Crippen molar-refractivity contribution in [3.8, 4) is 11.8 Å². The van der Waals surface area contributed by atoms with Crippen LogP contribution in [-0.2, 0) is 12.8 Å². The van der Waals surface area contributed by atoms with Gasteiger partial charge in [0.1, 0.15) is 0 Å². The van der Waals surface area contributed by atoms with Crippen molar-refractivity contribution < 1.29 is 0 Å². The minimum absolute atomic E-state index is 0.879. The van der Waals surface area contributed by atoms with Crippen LogP contribution >= 0.6 is 12.2 Å². The lowest BCUT2D eigenvalue weighted by Gasteiger charge is -2.13. The molecule has 1 saturated carbocycles. The molecule has 0 aromatic heterocycles. The molecule has 0 atom stereocenters. The molecule has 2 heteroatoms. The summed E-state index contributed by atoms with van der Waals surface area (Å²) in [5, 5.41) is 2.43. The highest BCUT2D eigenvalue weighted by atomic mass is 32.1. The van der Waals surface area contributed by atoms with Crippen molar-refractivity contribution in [1.29, 1.82) is 0 Å². The third kappa shape index (κ3) is 4.64. The third-order valence-corrected chi connectivity index (χ3v) is 5.71. The van der Waals surface area contributed by atoms with Crippen LogP contribution in [0.2, 0.25) is 0 Å². The fourth-order valence-corrected chi connectivity index (χ4v) is 4.23. The number of isothiocyanates is 1. The van der Waals surface area contributed by atoms with E-state index in [1.54, 1.807) is 0 Å². The Bertz CT molecular complexity index is 960. The number of rotatable bonds is 3. The quantitative estimate of drug-likeness (QED) is 0.340. The van der Waals surface area contributed by atoms with E-state index in [0.29, 0.717) is 0 Å². The third-order valence-electron chi connectivity index (χ3n) is 5.62. The molecule has 0 spiro atoms. The first-order chi connectivity index (χ1) is 13.3. The summed E-state index contributed by atoms with van der Waals surface area (Å²) in [5.74, 6) is 7.60. The normalized spacial score (nSPS) is 15.9. The average Bonchev–Trinajstić information content (AvgIpc) is 3.21. The smallest absolute Gasteiger partial charge is 0.0742 e. The van der Waals surface area contributed by atoms with Gasteiger partial charge in [-0.25, -0.2) is 0 Å². The van der Waals surface area contributed by atoms with Gasteiger partial charge >= 0.3 is 0 Å². The van der Waals surface area contributed by atoms with Crippen molar-refractivity contribution in [2.75, 3.05) is 0 Å². The van der Waals surface area contributed by atoms with Crippen LogP contribution in [-0.4, -0.2) is 5.16 Å². The highest BCUT2D eigenvalue weighted by Crippen LogP contribution is 2.28. The van der Waals surface area contributed by atoms with Crippen LogP contribution in [0.4, 0.5) is 5.69 Å². The maximum atomic E-state index is 4.68. The second-order valence-corrected chi connectivity index (χ2v) is 7.74. The number of aryl methyl sites for hydroxylation is 1. The highest BCUT2D eigenvalue weighted by molar-refractivity contribution is 7.78. The number of aliphatic imine (C=N–C) groups is 1. The summed E-state index contributed by atoms with van der Waals surface area (Å²) in [6.45, 7) is 0. The molecule has 1 nitrogen and oxygen atoms in total. The number of allylic oxidation sites excluding steroid dienone is 1.